The highest BCUT2D eigenvalue weighted by Gasteiger charge is 2.34. The summed E-state index contributed by atoms with van der Waals surface area (Å²) in [6, 6.07) is 9.31. The summed E-state index contributed by atoms with van der Waals surface area (Å²) in [7, 11) is -3.73. The normalized spacial score (nSPS) is 21.6. The van der Waals surface area contributed by atoms with Gasteiger partial charge in [-0.05, 0) is 51.7 Å². The van der Waals surface area contributed by atoms with Crippen LogP contribution in [0.4, 0.5) is 5.82 Å². The minimum absolute atomic E-state index is 0.258. The first-order valence-corrected chi connectivity index (χ1v) is 12.6. The third-order valence-corrected chi connectivity index (χ3v) is 8.15. The second kappa shape index (κ2) is 7.60. The van der Waals surface area contributed by atoms with E-state index in [0.717, 1.165) is 43.9 Å². The summed E-state index contributed by atoms with van der Waals surface area (Å²) in [5, 5.41) is 8.42. The maximum absolute atomic E-state index is 13.7. The molecule has 0 saturated carbocycles. The van der Waals surface area contributed by atoms with Crippen molar-refractivity contribution in [3.8, 4) is 0 Å². The van der Waals surface area contributed by atoms with Crippen LogP contribution in [0.5, 0.6) is 0 Å². The van der Waals surface area contributed by atoms with Gasteiger partial charge < -0.3 is 10.2 Å². The maximum atomic E-state index is 13.7. The molecule has 2 aromatic heterocycles. The van der Waals surface area contributed by atoms with Crippen molar-refractivity contribution in [3.05, 3.63) is 47.3 Å². The topological polar surface area (TPSA) is 79.6 Å². The lowest BCUT2D eigenvalue weighted by Gasteiger charge is -2.38. The van der Waals surface area contributed by atoms with Crippen LogP contribution < -0.4 is 10.2 Å². The number of nitrogens with zero attached hydrogens (tertiary/aromatic N) is 4. The first-order chi connectivity index (χ1) is 14.9. The van der Waals surface area contributed by atoms with Crippen LogP contribution in [-0.2, 0) is 29.1 Å². The first-order valence-electron chi connectivity index (χ1n) is 11.1. The number of aromatic nitrogens is 3. The van der Waals surface area contributed by atoms with Gasteiger partial charge in [-0.25, -0.2) is 13.4 Å². The number of rotatable bonds is 4. The van der Waals surface area contributed by atoms with Gasteiger partial charge in [0.05, 0.1) is 10.6 Å². The minimum Gasteiger partial charge on any atom is -0.353 e. The average Bonchev–Trinajstić information content (AvgIpc) is 3.35. The highest BCUT2D eigenvalue weighted by Crippen LogP contribution is 2.36. The van der Waals surface area contributed by atoms with E-state index in [2.05, 4.69) is 24.1 Å². The van der Waals surface area contributed by atoms with Crippen molar-refractivity contribution < 1.29 is 8.42 Å². The zero-order valence-corrected chi connectivity index (χ0v) is 19.1. The number of hydrogen-bond donors (Lipinski definition) is 1. The molecule has 1 fully saturated rings. The van der Waals surface area contributed by atoms with E-state index in [4.69, 9.17) is 10.1 Å². The van der Waals surface area contributed by atoms with Crippen molar-refractivity contribution in [2.24, 2.45) is 0 Å². The molecule has 0 spiro atoms. The summed E-state index contributed by atoms with van der Waals surface area (Å²) in [5.74, 6) is 1.03. The van der Waals surface area contributed by atoms with Crippen LogP contribution in [0.25, 0.3) is 5.65 Å². The molecular weight excluding hydrogens is 410 g/mol. The molecule has 0 amide bonds. The number of nitrogens with one attached hydrogen (secondary N) is 1. The molecule has 1 saturated heterocycles. The second-order valence-corrected chi connectivity index (χ2v) is 10.7. The average molecular weight is 440 g/mol. The lowest BCUT2D eigenvalue weighted by molar-refractivity contribution is 0.403. The van der Waals surface area contributed by atoms with Gasteiger partial charge in [0.1, 0.15) is 10.7 Å². The second-order valence-electron chi connectivity index (χ2n) is 8.77. The van der Waals surface area contributed by atoms with Gasteiger partial charge in [0.25, 0.3) is 0 Å². The third-order valence-electron chi connectivity index (χ3n) is 6.30. The number of fused-ring (bicyclic) bond motifs is 2. The van der Waals surface area contributed by atoms with E-state index >= 15 is 0 Å². The van der Waals surface area contributed by atoms with E-state index in [1.807, 2.05) is 17.5 Å². The Balaban J connectivity index is 1.78. The van der Waals surface area contributed by atoms with Gasteiger partial charge in [-0.1, -0.05) is 25.1 Å². The predicted molar refractivity (Wildman–Crippen MR) is 121 cm³/mol. The Morgan fingerprint density at radius 2 is 1.81 bits per heavy atom. The molecular formula is C23H29N5O2S. The number of anilines is 1. The van der Waals surface area contributed by atoms with Gasteiger partial charge in [0.15, 0.2) is 5.65 Å². The zero-order valence-electron chi connectivity index (χ0n) is 18.3. The van der Waals surface area contributed by atoms with Gasteiger partial charge in [-0.3, -0.25) is 0 Å². The summed E-state index contributed by atoms with van der Waals surface area (Å²) < 4.78 is 29.2. The molecule has 5 rings (SSSR count). The van der Waals surface area contributed by atoms with Crippen molar-refractivity contribution in [1.29, 1.82) is 0 Å². The molecule has 1 N–H and O–H groups in total. The number of hydrogen-bond acceptors (Lipinski definition) is 6. The van der Waals surface area contributed by atoms with Crippen molar-refractivity contribution in [2.45, 2.75) is 68.3 Å². The van der Waals surface area contributed by atoms with E-state index in [9.17, 15) is 8.42 Å². The predicted octanol–water partition coefficient (Wildman–Crippen LogP) is 2.80. The molecule has 7 nitrogen and oxygen atoms in total. The van der Waals surface area contributed by atoms with Crippen LogP contribution in [0.15, 0.2) is 40.1 Å². The summed E-state index contributed by atoms with van der Waals surface area (Å²) in [6.07, 6.45) is 3.42. The molecule has 0 unspecified atom stereocenters. The van der Waals surface area contributed by atoms with E-state index in [0.29, 0.717) is 29.8 Å². The van der Waals surface area contributed by atoms with E-state index in [1.165, 1.54) is 5.56 Å². The lowest BCUT2D eigenvalue weighted by Crippen LogP contribution is -2.55. The fraction of sp³-hybridized carbons (Fsp3) is 0.478. The SMILES string of the molecule is CCc1nn2c(N3C[C@@H](C)N[C@@H](C)C3)c3c(nc2c1S(=O)(=O)c1ccccc1)CCC3. The highest BCUT2D eigenvalue weighted by molar-refractivity contribution is 7.91. The summed E-state index contributed by atoms with van der Waals surface area (Å²) >= 11 is 0. The fourth-order valence-electron chi connectivity index (χ4n) is 5.08. The quantitative estimate of drug-likeness (QED) is 0.673. The number of aryl methyl sites for hydroxylation is 2. The summed E-state index contributed by atoms with van der Waals surface area (Å²) in [5.41, 5.74) is 3.30. The van der Waals surface area contributed by atoms with Crippen LogP contribution in [0.3, 0.4) is 0 Å². The highest BCUT2D eigenvalue weighted by atomic mass is 32.2. The zero-order chi connectivity index (χ0) is 21.8. The molecule has 1 aromatic carbocycles. The summed E-state index contributed by atoms with van der Waals surface area (Å²) in [6.45, 7) is 8.05. The van der Waals surface area contributed by atoms with Crippen molar-refractivity contribution >= 4 is 21.3 Å². The van der Waals surface area contributed by atoms with Crippen LogP contribution in [0, 0.1) is 0 Å². The molecule has 2 atom stereocenters. The molecule has 0 bridgehead atoms. The Bertz CT molecular complexity index is 1230. The van der Waals surface area contributed by atoms with E-state index in [-0.39, 0.29) is 9.79 Å². The first kappa shape index (κ1) is 20.5. The van der Waals surface area contributed by atoms with Crippen molar-refractivity contribution in [2.75, 3.05) is 18.0 Å². The lowest BCUT2D eigenvalue weighted by atomic mass is 10.1. The summed E-state index contributed by atoms with van der Waals surface area (Å²) in [4.78, 5) is 7.80. The van der Waals surface area contributed by atoms with E-state index < -0.39 is 9.84 Å². The van der Waals surface area contributed by atoms with Gasteiger partial charge in [-0.15, -0.1) is 0 Å². The van der Waals surface area contributed by atoms with Crippen molar-refractivity contribution in [1.82, 2.24) is 19.9 Å². The Morgan fingerprint density at radius 1 is 1.10 bits per heavy atom. The Hall–Kier alpha value is -2.45. The van der Waals surface area contributed by atoms with Gasteiger partial charge >= 0.3 is 0 Å². The smallest absolute Gasteiger partial charge is 0.212 e. The molecule has 3 heterocycles. The number of benzene rings is 1. The van der Waals surface area contributed by atoms with E-state index in [1.54, 1.807) is 24.3 Å². The Labute approximate surface area is 183 Å². The van der Waals surface area contributed by atoms with Crippen LogP contribution in [-0.4, -0.2) is 48.2 Å². The van der Waals surface area contributed by atoms with Gasteiger partial charge in [0.2, 0.25) is 9.84 Å². The molecule has 164 valence electrons. The Kier molecular flexibility index (Phi) is 5.01. The molecule has 31 heavy (non-hydrogen) atoms. The van der Waals surface area contributed by atoms with Crippen LogP contribution in [0.1, 0.15) is 44.1 Å². The molecule has 0 radical (unpaired) electrons. The minimum atomic E-state index is -3.73. The monoisotopic (exact) mass is 439 g/mol. The maximum Gasteiger partial charge on any atom is 0.212 e. The number of piperazine rings is 1. The van der Waals surface area contributed by atoms with Crippen LogP contribution >= 0.6 is 0 Å². The van der Waals surface area contributed by atoms with Gasteiger partial charge in [0, 0.05) is 36.4 Å². The van der Waals surface area contributed by atoms with Gasteiger partial charge in [-0.2, -0.15) is 9.61 Å². The van der Waals surface area contributed by atoms with Crippen LogP contribution in [0.2, 0.25) is 0 Å². The van der Waals surface area contributed by atoms with Crippen molar-refractivity contribution in [3.63, 3.8) is 0 Å². The Morgan fingerprint density at radius 3 is 2.48 bits per heavy atom. The molecule has 1 aliphatic heterocycles. The molecule has 2 aliphatic rings. The molecule has 3 aromatic rings. The molecule has 1 aliphatic carbocycles. The third kappa shape index (κ3) is 3.32. The standard InChI is InChI=1S/C23H29N5O2S/c1-4-19-21(31(29,30)17-9-6-5-7-10-17)22-25-20-12-8-11-18(20)23(28(22)26-19)27-13-15(2)24-16(3)14-27/h5-7,9-10,15-16,24H,4,8,11-14H2,1-3H3/t15-,16+. The largest absolute Gasteiger partial charge is 0.353 e. The molecule has 8 heteroatoms. The number of sulfone groups is 1. The fourth-order valence-corrected chi connectivity index (χ4v) is 6.70.